The number of halogens is 1. The standard InChI is InChI=1S/C20H18ClN3O2/c1-14(12-15-6-5-7-16(21)13-15)22-20(26)18-10-11-19(25)24(23-18)17-8-3-2-4-9-17/h2-11,13-14H,12H2,1H3,(H,22,26). The Hall–Kier alpha value is -2.92. The number of nitrogens with one attached hydrogen (secondary N) is 1. The first-order valence-corrected chi connectivity index (χ1v) is 8.62. The quantitative estimate of drug-likeness (QED) is 0.752. The van der Waals surface area contributed by atoms with Crippen LogP contribution in [-0.2, 0) is 6.42 Å². The minimum atomic E-state index is -0.329. The molecule has 0 aliphatic rings. The Kier molecular flexibility index (Phi) is 5.49. The summed E-state index contributed by atoms with van der Waals surface area (Å²) in [7, 11) is 0. The molecule has 1 unspecified atom stereocenters. The number of amides is 1. The molecule has 5 nitrogen and oxygen atoms in total. The van der Waals surface area contributed by atoms with Gasteiger partial charge in [0.25, 0.3) is 11.5 Å². The van der Waals surface area contributed by atoms with Gasteiger partial charge in [-0.1, -0.05) is 41.9 Å². The van der Waals surface area contributed by atoms with E-state index in [4.69, 9.17) is 11.6 Å². The normalized spacial score (nSPS) is 11.8. The third-order valence-electron chi connectivity index (χ3n) is 3.84. The molecule has 0 saturated carbocycles. The van der Waals surface area contributed by atoms with Crippen LogP contribution in [0.2, 0.25) is 5.02 Å². The molecule has 1 aromatic heterocycles. The molecule has 2 aromatic carbocycles. The van der Waals surface area contributed by atoms with Crippen molar-refractivity contribution >= 4 is 17.5 Å². The monoisotopic (exact) mass is 367 g/mol. The van der Waals surface area contributed by atoms with E-state index in [0.29, 0.717) is 17.1 Å². The largest absolute Gasteiger partial charge is 0.348 e. The molecule has 6 heteroatoms. The lowest BCUT2D eigenvalue weighted by Gasteiger charge is -2.14. The second kappa shape index (κ2) is 7.97. The summed E-state index contributed by atoms with van der Waals surface area (Å²) in [6, 6.07) is 19.2. The van der Waals surface area contributed by atoms with Gasteiger partial charge < -0.3 is 5.32 Å². The van der Waals surface area contributed by atoms with Crippen LogP contribution < -0.4 is 10.9 Å². The Balaban J connectivity index is 1.75. The lowest BCUT2D eigenvalue weighted by molar-refractivity contribution is 0.0933. The van der Waals surface area contributed by atoms with Gasteiger partial charge in [0.15, 0.2) is 0 Å². The summed E-state index contributed by atoms with van der Waals surface area (Å²) in [5.74, 6) is -0.329. The number of aromatic nitrogens is 2. The zero-order valence-corrected chi connectivity index (χ0v) is 15.0. The molecule has 0 fully saturated rings. The molecule has 26 heavy (non-hydrogen) atoms. The smallest absolute Gasteiger partial charge is 0.271 e. The van der Waals surface area contributed by atoms with Crippen molar-refractivity contribution in [2.75, 3.05) is 0 Å². The van der Waals surface area contributed by atoms with Gasteiger partial charge in [0.1, 0.15) is 5.69 Å². The van der Waals surface area contributed by atoms with E-state index in [2.05, 4.69) is 10.4 Å². The molecule has 0 aliphatic heterocycles. The average molecular weight is 368 g/mol. The number of para-hydroxylation sites is 1. The van der Waals surface area contributed by atoms with E-state index in [9.17, 15) is 9.59 Å². The molecule has 0 bridgehead atoms. The molecular formula is C20H18ClN3O2. The number of hydrogen-bond acceptors (Lipinski definition) is 3. The Bertz CT molecular complexity index is 970. The predicted molar refractivity (Wildman–Crippen MR) is 102 cm³/mol. The van der Waals surface area contributed by atoms with Gasteiger partial charge >= 0.3 is 0 Å². The lowest BCUT2D eigenvalue weighted by atomic mass is 10.1. The summed E-state index contributed by atoms with van der Waals surface area (Å²) in [5, 5.41) is 7.75. The fourth-order valence-electron chi connectivity index (χ4n) is 2.65. The number of carbonyl (C=O) groups is 1. The summed E-state index contributed by atoms with van der Waals surface area (Å²) < 4.78 is 1.22. The lowest BCUT2D eigenvalue weighted by Crippen LogP contribution is -2.36. The van der Waals surface area contributed by atoms with E-state index in [-0.39, 0.29) is 23.2 Å². The van der Waals surface area contributed by atoms with Crippen LogP contribution in [0.25, 0.3) is 5.69 Å². The molecule has 0 aliphatic carbocycles. The van der Waals surface area contributed by atoms with Crippen LogP contribution in [0.4, 0.5) is 0 Å². The number of rotatable bonds is 5. The molecule has 1 amide bonds. The predicted octanol–water partition coefficient (Wildman–Crippen LogP) is 3.25. The van der Waals surface area contributed by atoms with Crippen molar-refractivity contribution in [3.63, 3.8) is 0 Å². The third kappa shape index (κ3) is 4.37. The molecule has 0 saturated heterocycles. The van der Waals surface area contributed by atoms with E-state index in [1.807, 2.05) is 49.4 Å². The first kappa shape index (κ1) is 17.9. The highest BCUT2D eigenvalue weighted by Crippen LogP contribution is 2.12. The topological polar surface area (TPSA) is 64.0 Å². The molecular weight excluding hydrogens is 350 g/mol. The molecule has 132 valence electrons. The van der Waals surface area contributed by atoms with Crippen LogP contribution in [0.5, 0.6) is 0 Å². The van der Waals surface area contributed by atoms with Crippen molar-refractivity contribution in [3.8, 4) is 5.69 Å². The Morgan fingerprint density at radius 3 is 2.62 bits per heavy atom. The van der Waals surface area contributed by atoms with E-state index in [1.165, 1.54) is 16.8 Å². The van der Waals surface area contributed by atoms with Crippen LogP contribution in [-0.4, -0.2) is 21.7 Å². The van der Waals surface area contributed by atoms with Gasteiger partial charge in [-0.15, -0.1) is 0 Å². The second-order valence-corrected chi connectivity index (χ2v) is 6.45. The van der Waals surface area contributed by atoms with Crippen molar-refractivity contribution in [2.24, 2.45) is 0 Å². The van der Waals surface area contributed by atoms with Crippen LogP contribution in [0, 0.1) is 0 Å². The van der Waals surface area contributed by atoms with Crippen molar-refractivity contribution in [1.82, 2.24) is 15.1 Å². The third-order valence-corrected chi connectivity index (χ3v) is 4.08. The van der Waals surface area contributed by atoms with Crippen molar-refractivity contribution in [1.29, 1.82) is 0 Å². The van der Waals surface area contributed by atoms with E-state index >= 15 is 0 Å². The Morgan fingerprint density at radius 1 is 1.12 bits per heavy atom. The van der Waals surface area contributed by atoms with E-state index < -0.39 is 0 Å². The van der Waals surface area contributed by atoms with Gasteiger partial charge in [-0.25, -0.2) is 0 Å². The van der Waals surface area contributed by atoms with Gasteiger partial charge in [-0.2, -0.15) is 9.78 Å². The average Bonchev–Trinajstić information content (AvgIpc) is 2.62. The summed E-state index contributed by atoms with van der Waals surface area (Å²) in [6.07, 6.45) is 0.643. The van der Waals surface area contributed by atoms with Crippen LogP contribution in [0.3, 0.4) is 0 Å². The van der Waals surface area contributed by atoms with Gasteiger partial charge in [-0.05, 0) is 49.2 Å². The van der Waals surface area contributed by atoms with E-state index in [0.717, 1.165) is 5.56 Å². The minimum Gasteiger partial charge on any atom is -0.348 e. The maximum Gasteiger partial charge on any atom is 0.271 e. The van der Waals surface area contributed by atoms with Gasteiger partial charge in [0.2, 0.25) is 0 Å². The molecule has 1 heterocycles. The molecule has 1 N–H and O–H groups in total. The summed E-state index contributed by atoms with van der Waals surface area (Å²) in [5.41, 5.74) is 1.54. The fourth-order valence-corrected chi connectivity index (χ4v) is 2.87. The summed E-state index contributed by atoms with van der Waals surface area (Å²) >= 11 is 5.99. The number of benzene rings is 2. The Labute approximate surface area is 156 Å². The first-order chi connectivity index (χ1) is 12.5. The zero-order valence-electron chi connectivity index (χ0n) is 14.2. The molecule has 0 spiro atoms. The van der Waals surface area contributed by atoms with Gasteiger partial charge in [-0.3, -0.25) is 9.59 Å². The molecule has 3 aromatic rings. The van der Waals surface area contributed by atoms with Crippen LogP contribution in [0.1, 0.15) is 23.0 Å². The second-order valence-electron chi connectivity index (χ2n) is 6.01. The van der Waals surface area contributed by atoms with Gasteiger partial charge in [0.05, 0.1) is 5.69 Å². The number of carbonyl (C=O) groups excluding carboxylic acids is 1. The van der Waals surface area contributed by atoms with E-state index in [1.54, 1.807) is 12.1 Å². The van der Waals surface area contributed by atoms with Crippen LogP contribution in [0.15, 0.2) is 71.5 Å². The summed E-state index contributed by atoms with van der Waals surface area (Å²) in [4.78, 5) is 24.5. The molecule has 1 atom stereocenters. The molecule has 3 rings (SSSR count). The van der Waals surface area contributed by atoms with Crippen LogP contribution >= 0.6 is 11.6 Å². The maximum atomic E-state index is 12.5. The maximum absolute atomic E-state index is 12.5. The fraction of sp³-hybridized carbons (Fsp3) is 0.150. The van der Waals surface area contributed by atoms with Crippen molar-refractivity contribution in [3.05, 3.63) is 93.4 Å². The zero-order chi connectivity index (χ0) is 18.5. The number of hydrogen-bond donors (Lipinski definition) is 1. The van der Waals surface area contributed by atoms with Crippen molar-refractivity contribution in [2.45, 2.75) is 19.4 Å². The molecule has 0 radical (unpaired) electrons. The summed E-state index contributed by atoms with van der Waals surface area (Å²) in [6.45, 7) is 1.91. The van der Waals surface area contributed by atoms with Gasteiger partial charge in [0, 0.05) is 17.1 Å². The van der Waals surface area contributed by atoms with Crippen molar-refractivity contribution < 1.29 is 4.79 Å². The Morgan fingerprint density at radius 2 is 1.88 bits per heavy atom. The highest BCUT2D eigenvalue weighted by atomic mass is 35.5. The highest BCUT2D eigenvalue weighted by molar-refractivity contribution is 6.30. The highest BCUT2D eigenvalue weighted by Gasteiger charge is 2.14. The number of nitrogens with zero attached hydrogens (tertiary/aromatic N) is 2. The minimum absolute atomic E-state index is 0.111. The SMILES string of the molecule is CC(Cc1cccc(Cl)c1)NC(=O)c1ccc(=O)n(-c2ccccc2)n1. The first-order valence-electron chi connectivity index (χ1n) is 8.24.